The number of hydrogen-bond donors (Lipinski definition) is 1. The van der Waals surface area contributed by atoms with E-state index in [-0.39, 0.29) is 0 Å². The summed E-state index contributed by atoms with van der Waals surface area (Å²) in [7, 11) is 0. The zero-order valence-corrected chi connectivity index (χ0v) is 10.0. The van der Waals surface area contributed by atoms with E-state index in [1.807, 2.05) is 13.0 Å². The van der Waals surface area contributed by atoms with E-state index in [0.29, 0.717) is 5.56 Å². The van der Waals surface area contributed by atoms with E-state index in [0.717, 1.165) is 18.4 Å². The largest absolute Gasteiger partial charge is 0.392 e. The molecule has 0 aromatic heterocycles. The molecule has 0 bridgehead atoms. The van der Waals surface area contributed by atoms with Crippen molar-refractivity contribution in [3.8, 4) is 0 Å². The van der Waals surface area contributed by atoms with Gasteiger partial charge in [0.05, 0.1) is 12.0 Å². The lowest BCUT2D eigenvalue weighted by Gasteiger charge is -2.25. The lowest BCUT2D eigenvalue weighted by molar-refractivity contribution is -0.174. The first-order valence-corrected chi connectivity index (χ1v) is 5.63. The van der Waals surface area contributed by atoms with E-state index in [2.05, 4.69) is 0 Å². The van der Waals surface area contributed by atoms with Crippen LogP contribution in [0.25, 0.3) is 0 Å². The van der Waals surface area contributed by atoms with Gasteiger partial charge in [0.1, 0.15) is 0 Å². The Labute approximate surface area is 99.3 Å². The van der Waals surface area contributed by atoms with E-state index < -0.39 is 18.2 Å². The minimum absolute atomic E-state index is 0.320. The molecule has 0 spiro atoms. The minimum atomic E-state index is -4.37. The Bertz CT molecular complexity index is 369. The van der Waals surface area contributed by atoms with Crippen molar-refractivity contribution in [2.24, 2.45) is 0 Å². The number of alkyl halides is 3. The van der Waals surface area contributed by atoms with Crippen LogP contribution in [-0.4, -0.2) is 11.3 Å². The Morgan fingerprint density at radius 3 is 2.41 bits per heavy atom. The molecule has 1 aromatic rings. The van der Waals surface area contributed by atoms with E-state index in [1.54, 1.807) is 12.1 Å². The first kappa shape index (κ1) is 14.0. The molecule has 0 saturated heterocycles. The summed E-state index contributed by atoms with van der Waals surface area (Å²) in [4.78, 5) is 0. The average Bonchev–Trinajstić information content (AvgIpc) is 2.15. The van der Waals surface area contributed by atoms with E-state index in [4.69, 9.17) is 0 Å². The standard InChI is InChI=1S/C13H17F3O/c1-3-5-10-6-4-7-11(8-10)12(2,17)9-13(14,15)16/h4,6-8,17H,3,5,9H2,1-2H3. The molecule has 4 heteroatoms. The van der Waals surface area contributed by atoms with Crippen molar-refractivity contribution in [1.29, 1.82) is 0 Å². The maximum absolute atomic E-state index is 12.3. The van der Waals surface area contributed by atoms with Crippen LogP contribution in [0.1, 0.15) is 37.8 Å². The van der Waals surface area contributed by atoms with Crippen LogP contribution in [-0.2, 0) is 12.0 Å². The molecule has 96 valence electrons. The lowest BCUT2D eigenvalue weighted by atomic mass is 9.90. The second-order valence-corrected chi connectivity index (χ2v) is 4.52. The predicted octanol–water partition coefficient (Wildman–Crippen LogP) is 3.80. The van der Waals surface area contributed by atoms with Gasteiger partial charge in [-0.2, -0.15) is 13.2 Å². The first-order chi connectivity index (χ1) is 7.74. The summed E-state index contributed by atoms with van der Waals surface area (Å²) in [5, 5.41) is 9.89. The van der Waals surface area contributed by atoms with Gasteiger partial charge in [0, 0.05) is 0 Å². The maximum atomic E-state index is 12.3. The van der Waals surface area contributed by atoms with Gasteiger partial charge >= 0.3 is 6.18 Å². The van der Waals surface area contributed by atoms with Crippen LogP contribution < -0.4 is 0 Å². The molecule has 0 radical (unpaired) electrons. The van der Waals surface area contributed by atoms with Crippen molar-refractivity contribution in [2.75, 3.05) is 0 Å². The van der Waals surface area contributed by atoms with E-state index in [1.165, 1.54) is 13.0 Å². The molecule has 1 rings (SSSR count). The molecule has 1 aromatic carbocycles. The summed E-state index contributed by atoms with van der Waals surface area (Å²) in [5.74, 6) is 0. The second kappa shape index (κ2) is 5.08. The smallest absolute Gasteiger partial charge is 0.385 e. The van der Waals surface area contributed by atoms with Gasteiger partial charge in [-0.1, -0.05) is 37.6 Å². The predicted molar refractivity (Wildman–Crippen MR) is 60.7 cm³/mol. The minimum Gasteiger partial charge on any atom is -0.385 e. The zero-order valence-electron chi connectivity index (χ0n) is 10.0. The van der Waals surface area contributed by atoms with Gasteiger partial charge in [-0.15, -0.1) is 0 Å². The molecule has 17 heavy (non-hydrogen) atoms. The van der Waals surface area contributed by atoms with Gasteiger partial charge in [-0.3, -0.25) is 0 Å². The highest BCUT2D eigenvalue weighted by molar-refractivity contribution is 5.28. The molecule has 1 unspecified atom stereocenters. The maximum Gasteiger partial charge on any atom is 0.392 e. The molecular weight excluding hydrogens is 229 g/mol. The van der Waals surface area contributed by atoms with Crippen molar-refractivity contribution in [2.45, 2.75) is 44.9 Å². The first-order valence-electron chi connectivity index (χ1n) is 5.63. The fraction of sp³-hybridized carbons (Fsp3) is 0.538. The third-order valence-electron chi connectivity index (χ3n) is 2.63. The van der Waals surface area contributed by atoms with Gasteiger partial charge in [0.2, 0.25) is 0 Å². The van der Waals surface area contributed by atoms with Crippen molar-refractivity contribution in [1.82, 2.24) is 0 Å². The highest BCUT2D eigenvalue weighted by atomic mass is 19.4. The highest BCUT2D eigenvalue weighted by Crippen LogP contribution is 2.34. The molecule has 0 aliphatic rings. The SMILES string of the molecule is CCCc1cccc(C(C)(O)CC(F)(F)F)c1. The topological polar surface area (TPSA) is 20.2 Å². The van der Waals surface area contributed by atoms with E-state index in [9.17, 15) is 18.3 Å². The van der Waals surface area contributed by atoms with Crippen LogP contribution in [0.5, 0.6) is 0 Å². The second-order valence-electron chi connectivity index (χ2n) is 4.52. The molecule has 0 fully saturated rings. The Morgan fingerprint density at radius 1 is 1.24 bits per heavy atom. The van der Waals surface area contributed by atoms with Crippen LogP contribution in [0.3, 0.4) is 0 Å². The number of rotatable bonds is 4. The van der Waals surface area contributed by atoms with Crippen molar-refractivity contribution in [3.63, 3.8) is 0 Å². The van der Waals surface area contributed by atoms with Gasteiger partial charge in [0.25, 0.3) is 0 Å². The van der Waals surface area contributed by atoms with Crippen LogP contribution >= 0.6 is 0 Å². The Hall–Kier alpha value is -1.03. The fourth-order valence-electron chi connectivity index (χ4n) is 1.84. The average molecular weight is 246 g/mol. The molecule has 0 heterocycles. The fourth-order valence-corrected chi connectivity index (χ4v) is 1.84. The van der Waals surface area contributed by atoms with Crippen LogP contribution in [0.4, 0.5) is 13.2 Å². The molecular formula is C13H17F3O. The normalized spacial score (nSPS) is 15.6. The molecule has 0 amide bonds. The number of aliphatic hydroxyl groups is 1. The Balaban J connectivity index is 2.94. The van der Waals surface area contributed by atoms with Crippen LogP contribution in [0.15, 0.2) is 24.3 Å². The molecule has 1 nitrogen and oxygen atoms in total. The molecule has 0 aliphatic carbocycles. The zero-order chi connectivity index (χ0) is 13.1. The summed E-state index contributed by atoms with van der Waals surface area (Å²) in [6, 6.07) is 6.72. The highest BCUT2D eigenvalue weighted by Gasteiger charge is 2.39. The van der Waals surface area contributed by atoms with E-state index >= 15 is 0 Å². The molecule has 0 aliphatic heterocycles. The third-order valence-corrected chi connectivity index (χ3v) is 2.63. The van der Waals surface area contributed by atoms with Gasteiger partial charge in [-0.25, -0.2) is 0 Å². The third kappa shape index (κ3) is 4.38. The number of hydrogen-bond acceptors (Lipinski definition) is 1. The number of aryl methyl sites for hydroxylation is 1. The summed E-state index contributed by atoms with van der Waals surface area (Å²) in [6.07, 6.45) is -3.87. The molecule has 0 saturated carbocycles. The van der Waals surface area contributed by atoms with Crippen molar-refractivity contribution in [3.05, 3.63) is 35.4 Å². The van der Waals surface area contributed by atoms with Crippen LogP contribution in [0.2, 0.25) is 0 Å². The van der Waals surface area contributed by atoms with Gasteiger partial charge in [0.15, 0.2) is 0 Å². The monoisotopic (exact) mass is 246 g/mol. The summed E-state index contributed by atoms with van der Waals surface area (Å²) < 4.78 is 37.0. The van der Waals surface area contributed by atoms with Crippen molar-refractivity contribution >= 4 is 0 Å². The number of benzene rings is 1. The van der Waals surface area contributed by atoms with Gasteiger partial charge in [-0.05, 0) is 24.5 Å². The quantitative estimate of drug-likeness (QED) is 0.856. The summed E-state index contributed by atoms with van der Waals surface area (Å²) >= 11 is 0. The Kier molecular flexibility index (Phi) is 4.20. The Morgan fingerprint density at radius 2 is 1.88 bits per heavy atom. The number of halogens is 3. The molecule has 1 N–H and O–H groups in total. The molecule has 1 atom stereocenters. The summed E-state index contributed by atoms with van der Waals surface area (Å²) in [6.45, 7) is 3.20. The van der Waals surface area contributed by atoms with Crippen molar-refractivity contribution < 1.29 is 18.3 Å². The summed E-state index contributed by atoms with van der Waals surface area (Å²) in [5.41, 5.74) is -0.588. The van der Waals surface area contributed by atoms with Crippen LogP contribution in [0, 0.1) is 0 Å². The lowest BCUT2D eigenvalue weighted by Crippen LogP contribution is -2.29. The van der Waals surface area contributed by atoms with Gasteiger partial charge < -0.3 is 5.11 Å².